The van der Waals surface area contributed by atoms with Crippen LogP contribution in [0.2, 0.25) is 0 Å². The number of carbonyl (C=O) groups excluding carboxylic acids is 2. The van der Waals surface area contributed by atoms with Crippen molar-refractivity contribution in [3.8, 4) is 5.75 Å². The molecule has 0 aliphatic heterocycles. The predicted molar refractivity (Wildman–Crippen MR) is 140 cm³/mol. The maximum atomic E-state index is 12.6. The van der Waals surface area contributed by atoms with Crippen molar-refractivity contribution in [3.05, 3.63) is 35.1 Å². The molecule has 4 aromatic rings. The van der Waals surface area contributed by atoms with Gasteiger partial charge in [0.05, 0.1) is 29.3 Å². The topological polar surface area (TPSA) is 125 Å². The maximum absolute atomic E-state index is 12.6. The first-order valence-corrected chi connectivity index (χ1v) is 12.9. The summed E-state index contributed by atoms with van der Waals surface area (Å²) in [4.78, 5) is 37.0. The number of anilines is 2. The SMILES string of the molecule is CCC(=O)NCCOc1cc2[nH]ncc2cc1Nc1ncnc2sc3c(c12)CCC(C(=O)N(C)C)C3. The fraction of sp³-hybridized carbons (Fsp3) is 0.400. The molecule has 0 bridgehead atoms. The van der Waals surface area contributed by atoms with Gasteiger partial charge in [0.2, 0.25) is 11.8 Å². The van der Waals surface area contributed by atoms with Crippen molar-refractivity contribution in [3.63, 3.8) is 0 Å². The first-order valence-electron chi connectivity index (χ1n) is 12.0. The highest BCUT2D eigenvalue weighted by molar-refractivity contribution is 7.19. The Morgan fingerprint density at radius 2 is 2.14 bits per heavy atom. The molecule has 0 saturated heterocycles. The van der Waals surface area contributed by atoms with E-state index in [1.807, 2.05) is 33.2 Å². The van der Waals surface area contributed by atoms with Crippen molar-refractivity contribution in [2.24, 2.45) is 5.92 Å². The van der Waals surface area contributed by atoms with Crippen molar-refractivity contribution in [2.45, 2.75) is 32.6 Å². The lowest BCUT2D eigenvalue weighted by atomic mass is 9.87. The molecule has 0 fully saturated rings. The van der Waals surface area contributed by atoms with Gasteiger partial charge in [-0.3, -0.25) is 14.7 Å². The van der Waals surface area contributed by atoms with E-state index in [1.54, 1.807) is 28.8 Å². The summed E-state index contributed by atoms with van der Waals surface area (Å²) >= 11 is 1.64. The Bertz CT molecular complexity index is 1430. The molecule has 36 heavy (non-hydrogen) atoms. The van der Waals surface area contributed by atoms with Crippen LogP contribution in [-0.2, 0) is 22.4 Å². The van der Waals surface area contributed by atoms with Crippen molar-refractivity contribution in [1.29, 1.82) is 0 Å². The molecule has 10 nitrogen and oxygen atoms in total. The van der Waals surface area contributed by atoms with Crippen molar-refractivity contribution < 1.29 is 14.3 Å². The minimum atomic E-state index is -0.0129. The summed E-state index contributed by atoms with van der Waals surface area (Å²) in [7, 11) is 3.62. The third kappa shape index (κ3) is 4.70. The van der Waals surface area contributed by atoms with Crippen LogP contribution in [0.5, 0.6) is 5.75 Å². The van der Waals surface area contributed by atoms with Crippen LogP contribution in [-0.4, -0.2) is 64.1 Å². The minimum Gasteiger partial charge on any atom is -0.489 e. The number of fused-ring (bicyclic) bond motifs is 4. The van der Waals surface area contributed by atoms with Crippen molar-refractivity contribution in [2.75, 3.05) is 32.6 Å². The van der Waals surface area contributed by atoms with Crippen molar-refractivity contribution in [1.82, 2.24) is 30.4 Å². The summed E-state index contributed by atoms with van der Waals surface area (Å²) in [5.74, 6) is 1.50. The lowest BCUT2D eigenvalue weighted by Gasteiger charge is -2.24. The van der Waals surface area contributed by atoms with Gasteiger partial charge in [-0.2, -0.15) is 5.10 Å². The van der Waals surface area contributed by atoms with E-state index in [0.29, 0.717) is 31.1 Å². The molecule has 3 aromatic heterocycles. The smallest absolute Gasteiger partial charge is 0.225 e. The summed E-state index contributed by atoms with van der Waals surface area (Å²) < 4.78 is 6.04. The van der Waals surface area contributed by atoms with Crippen LogP contribution in [0.15, 0.2) is 24.7 Å². The molecule has 1 aliphatic carbocycles. The van der Waals surface area contributed by atoms with Crippen LogP contribution in [0.25, 0.3) is 21.1 Å². The van der Waals surface area contributed by atoms with Crippen LogP contribution in [0.4, 0.5) is 11.5 Å². The average molecular weight is 508 g/mol. The second-order valence-electron chi connectivity index (χ2n) is 9.06. The fourth-order valence-electron chi connectivity index (χ4n) is 4.57. The number of carbonyl (C=O) groups is 2. The van der Waals surface area contributed by atoms with Gasteiger partial charge in [0.1, 0.15) is 29.3 Å². The van der Waals surface area contributed by atoms with Crippen LogP contribution in [0, 0.1) is 5.92 Å². The molecular weight excluding hydrogens is 478 g/mol. The van der Waals surface area contributed by atoms with Gasteiger partial charge in [-0.15, -0.1) is 11.3 Å². The van der Waals surface area contributed by atoms with Crippen LogP contribution < -0.4 is 15.4 Å². The largest absolute Gasteiger partial charge is 0.489 e. The zero-order valence-electron chi connectivity index (χ0n) is 20.6. The van der Waals surface area contributed by atoms with E-state index in [-0.39, 0.29) is 17.7 Å². The molecule has 2 amide bonds. The second-order valence-corrected chi connectivity index (χ2v) is 10.1. The number of nitrogens with one attached hydrogen (secondary N) is 3. The molecule has 1 aromatic carbocycles. The Morgan fingerprint density at radius 3 is 2.94 bits per heavy atom. The number of hydrogen-bond acceptors (Lipinski definition) is 8. The van der Waals surface area contributed by atoms with Gasteiger partial charge >= 0.3 is 0 Å². The van der Waals surface area contributed by atoms with E-state index in [9.17, 15) is 9.59 Å². The Balaban J connectivity index is 1.44. The van der Waals surface area contributed by atoms with Gasteiger partial charge in [0.25, 0.3) is 0 Å². The lowest BCUT2D eigenvalue weighted by Crippen LogP contribution is -2.32. The number of nitrogens with zero attached hydrogens (tertiary/aromatic N) is 4. The molecule has 1 unspecified atom stereocenters. The Kier molecular flexibility index (Phi) is 6.73. The highest BCUT2D eigenvalue weighted by Crippen LogP contribution is 2.41. The van der Waals surface area contributed by atoms with Gasteiger partial charge in [-0.1, -0.05) is 6.92 Å². The normalized spacial score (nSPS) is 15.0. The zero-order chi connectivity index (χ0) is 25.2. The summed E-state index contributed by atoms with van der Waals surface area (Å²) in [5, 5.41) is 15.3. The Hall–Kier alpha value is -3.73. The number of thiophene rings is 1. The number of rotatable bonds is 8. The molecule has 3 N–H and O–H groups in total. The number of amides is 2. The van der Waals surface area contributed by atoms with Gasteiger partial charge in [0.15, 0.2) is 0 Å². The average Bonchev–Trinajstić information content (AvgIpc) is 3.49. The van der Waals surface area contributed by atoms with Gasteiger partial charge in [0, 0.05) is 42.8 Å². The lowest BCUT2D eigenvalue weighted by molar-refractivity contribution is -0.133. The number of hydrogen-bond donors (Lipinski definition) is 3. The minimum absolute atomic E-state index is 0.00151. The van der Waals surface area contributed by atoms with Crippen LogP contribution >= 0.6 is 11.3 Å². The fourth-order valence-corrected chi connectivity index (χ4v) is 5.84. The van der Waals surface area contributed by atoms with Crippen LogP contribution in [0.1, 0.15) is 30.2 Å². The van der Waals surface area contributed by atoms with E-state index in [4.69, 9.17) is 4.74 Å². The van der Waals surface area contributed by atoms with Crippen molar-refractivity contribution >= 4 is 55.8 Å². The number of benzene rings is 1. The molecule has 188 valence electrons. The quantitative estimate of drug-likeness (QED) is 0.312. The summed E-state index contributed by atoms with van der Waals surface area (Å²) in [5.41, 5.74) is 2.82. The molecule has 1 aliphatic rings. The highest BCUT2D eigenvalue weighted by atomic mass is 32.1. The van der Waals surface area contributed by atoms with Gasteiger partial charge < -0.3 is 20.3 Å². The number of aryl methyl sites for hydroxylation is 1. The number of ether oxygens (including phenoxy) is 1. The van der Waals surface area contributed by atoms with E-state index < -0.39 is 0 Å². The molecule has 5 rings (SSSR count). The molecule has 0 saturated carbocycles. The van der Waals surface area contributed by atoms with Gasteiger partial charge in [-0.25, -0.2) is 9.97 Å². The third-order valence-electron chi connectivity index (χ3n) is 6.43. The first kappa shape index (κ1) is 24.0. The Morgan fingerprint density at radius 1 is 1.28 bits per heavy atom. The zero-order valence-corrected chi connectivity index (χ0v) is 21.4. The third-order valence-corrected chi connectivity index (χ3v) is 7.59. The predicted octanol–water partition coefficient (Wildman–Crippen LogP) is 3.41. The molecule has 11 heteroatoms. The van der Waals surface area contributed by atoms with E-state index in [1.165, 1.54) is 10.4 Å². The summed E-state index contributed by atoms with van der Waals surface area (Å²) in [6.45, 7) is 2.56. The monoisotopic (exact) mass is 507 g/mol. The summed E-state index contributed by atoms with van der Waals surface area (Å²) in [6, 6.07) is 3.86. The first-order chi connectivity index (χ1) is 17.4. The van der Waals surface area contributed by atoms with Gasteiger partial charge in [-0.05, 0) is 30.9 Å². The molecular formula is C25H29N7O3S. The molecule has 1 atom stereocenters. The number of H-pyrrole nitrogens is 1. The van der Waals surface area contributed by atoms with E-state index in [0.717, 1.165) is 46.1 Å². The summed E-state index contributed by atoms with van der Waals surface area (Å²) in [6.07, 6.45) is 6.10. The number of aromatic nitrogens is 4. The molecule has 0 radical (unpaired) electrons. The van der Waals surface area contributed by atoms with E-state index >= 15 is 0 Å². The Labute approximate surface area is 212 Å². The maximum Gasteiger partial charge on any atom is 0.225 e. The van der Waals surface area contributed by atoms with E-state index in [2.05, 4.69) is 30.8 Å². The molecule has 0 spiro atoms. The molecule has 3 heterocycles. The second kappa shape index (κ2) is 10.1. The highest BCUT2D eigenvalue weighted by Gasteiger charge is 2.30. The van der Waals surface area contributed by atoms with Crippen LogP contribution in [0.3, 0.4) is 0 Å². The number of aromatic amines is 1. The standard InChI is InChI=1S/C25H29N7O3S/c1-4-21(33)26-7-8-35-19-11-17-15(12-29-31-17)9-18(19)30-23-22-16-6-5-14(25(34)32(2)3)10-20(16)36-24(22)28-13-27-23/h9,11-14H,4-8,10H2,1-3H3,(H,26,33)(H,29,31)(H,27,28,30).